The van der Waals surface area contributed by atoms with E-state index in [9.17, 15) is 14.9 Å². The van der Waals surface area contributed by atoms with E-state index in [1.54, 1.807) is 18.2 Å². The number of nitrogens with zero attached hydrogens (tertiary/aromatic N) is 1. The fraction of sp³-hybridized carbons (Fsp3) is 0.118. The number of amides is 1. The third-order valence-electron chi connectivity index (χ3n) is 3.21. The number of carbonyl (C=O) groups excluding carboxylic acids is 1. The maximum atomic E-state index is 12.0. The number of nitro benzene ring substituents is 1. The first kappa shape index (κ1) is 17.5. The summed E-state index contributed by atoms with van der Waals surface area (Å²) in [6, 6.07) is 9.73. The maximum Gasteiger partial charge on any atom is 0.288 e. The molecule has 0 spiro atoms. The topological polar surface area (TPSA) is 81.5 Å². The first-order valence-corrected chi connectivity index (χ1v) is 7.36. The Labute approximate surface area is 143 Å². The summed E-state index contributed by atoms with van der Waals surface area (Å²) >= 11 is 5.75. The normalized spacial score (nSPS) is 10.6. The third-order valence-corrected chi connectivity index (χ3v) is 3.53. The second-order valence-electron chi connectivity index (χ2n) is 4.99. The second kappa shape index (κ2) is 7.61. The van der Waals surface area contributed by atoms with Gasteiger partial charge in [0, 0.05) is 12.1 Å². The summed E-state index contributed by atoms with van der Waals surface area (Å²) in [6.07, 6.45) is 2.76. The molecule has 0 fully saturated rings. The molecule has 0 heterocycles. The molecule has 1 N–H and O–H groups in total. The molecular weight excluding hydrogens is 332 g/mol. The molecule has 1 amide bonds. The summed E-state index contributed by atoms with van der Waals surface area (Å²) in [4.78, 5) is 22.3. The van der Waals surface area contributed by atoms with Crippen molar-refractivity contribution < 1.29 is 14.5 Å². The van der Waals surface area contributed by atoms with Crippen molar-refractivity contribution in [1.82, 2.24) is 0 Å². The number of hydrogen-bond acceptors (Lipinski definition) is 4. The minimum atomic E-state index is -0.572. The SMILES string of the molecule is COc1ccc(C)cc1NC(=O)/C=C/c1ccc(Cl)c([N+](=O)[O-])c1. The van der Waals surface area contributed by atoms with Crippen LogP contribution in [0.3, 0.4) is 0 Å². The van der Waals surface area contributed by atoms with Crippen LogP contribution in [0.4, 0.5) is 11.4 Å². The summed E-state index contributed by atoms with van der Waals surface area (Å²) in [5.41, 5.74) is 1.81. The molecule has 24 heavy (non-hydrogen) atoms. The van der Waals surface area contributed by atoms with Gasteiger partial charge in [0.2, 0.25) is 5.91 Å². The molecule has 2 aromatic carbocycles. The number of benzene rings is 2. The highest BCUT2D eigenvalue weighted by molar-refractivity contribution is 6.32. The number of carbonyl (C=O) groups is 1. The van der Waals surface area contributed by atoms with Crippen LogP contribution in [0.25, 0.3) is 6.08 Å². The van der Waals surface area contributed by atoms with E-state index in [-0.39, 0.29) is 16.6 Å². The van der Waals surface area contributed by atoms with Crippen LogP contribution in [0.2, 0.25) is 5.02 Å². The van der Waals surface area contributed by atoms with Crippen molar-refractivity contribution in [1.29, 1.82) is 0 Å². The Morgan fingerprint density at radius 3 is 2.71 bits per heavy atom. The van der Waals surface area contributed by atoms with Crippen molar-refractivity contribution in [2.45, 2.75) is 6.92 Å². The highest BCUT2D eigenvalue weighted by Crippen LogP contribution is 2.26. The van der Waals surface area contributed by atoms with E-state index >= 15 is 0 Å². The number of anilines is 1. The summed E-state index contributed by atoms with van der Waals surface area (Å²) < 4.78 is 5.19. The van der Waals surface area contributed by atoms with Crippen molar-refractivity contribution in [3.05, 3.63) is 68.7 Å². The fourth-order valence-electron chi connectivity index (χ4n) is 2.04. The average Bonchev–Trinajstić information content (AvgIpc) is 2.54. The number of nitro groups is 1. The first-order chi connectivity index (χ1) is 11.4. The molecule has 2 aromatic rings. The highest BCUT2D eigenvalue weighted by Gasteiger charge is 2.12. The molecule has 0 aliphatic carbocycles. The number of nitrogens with one attached hydrogen (secondary N) is 1. The van der Waals surface area contributed by atoms with Gasteiger partial charge in [0.1, 0.15) is 10.8 Å². The molecule has 0 atom stereocenters. The lowest BCUT2D eigenvalue weighted by Gasteiger charge is -2.09. The second-order valence-corrected chi connectivity index (χ2v) is 5.40. The van der Waals surface area contributed by atoms with Crippen LogP contribution in [0.5, 0.6) is 5.75 Å². The first-order valence-electron chi connectivity index (χ1n) is 6.98. The monoisotopic (exact) mass is 346 g/mol. The Morgan fingerprint density at radius 2 is 2.04 bits per heavy atom. The van der Waals surface area contributed by atoms with Crippen molar-refractivity contribution >= 4 is 35.0 Å². The molecule has 2 rings (SSSR count). The third kappa shape index (κ3) is 4.33. The standard InChI is InChI=1S/C17H15ClN2O4/c1-11-3-7-16(24-2)14(9-11)19-17(21)8-5-12-4-6-13(18)15(10-12)20(22)23/h3-10H,1-2H3,(H,19,21)/b8-5+. The van der Waals surface area contributed by atoms with Gasteiger partial charge in [-0.3, -0.25) is 14.9 Å². The molecule has 0 saturated heterocycles. The largest absolute Gasteiger partial charge is 0.495 e. The quantitative estimate of drug-likeness (QED) is 0.499. The average molecular weight is 347 g/mol. The number of hydrogen-bond donors (Lipinski definition) is 1. The summed E-state index contributed by atoms with van der Waals surface area (Å²) in [5, 5.41) is 13.6. The molecule has 7 heteroatoms. The molecule has 124 valence electrons. The van der Waals surface area contributed by atoms with Gasteiger partial charge in [0.15, 0.2) is 0 Å². The predicted octanol–water partition coefficient (Wildman–Crippen LogP) is 4.22. The molecular formula is C17H15ClN2O4. The lowest BCUT2D eigenvalue weighted by Crippen LogP contribution is -2.09. The predicted molar refractivity (Wildman–Crippen MR) is 93.5 cm³/mol. The van der Waals surface area contributed by atoms with Gasteiger partial charge in [-0.15, -0.1) is 0 Å². The highest BCUT2D eigenvalue weighted by atomic mass is 35.5. The van der Waals surface area contributed by atoms with Gasteiger partial charge >= 0.3 is 0 Å². The summed E-state index contributed by atoms with van der Waals surface area (Å²) in [6.45, 7) is 1.90. The molecule has 6 nitrogen and oxygen atoms in total. The van der Waals surface area contributed by atoms with Crippen LogP contribution >= 0.6 is 11.6 Å². The van der Waals surface area contributed by atoms with E-state index in [0.717, 1.165) is 5.56 Å². The molecule has 0 aliphatic rings. The van der Waals surface area contributed by atoms with Crippen molar-refractivity contribution in [2.24, 2.45) is 0 Å². The van der Waals surface area contributed by atoms with Gasteiger partial charge in [-0.25, -0.2) is 0 Å². The zero-order chi connectivity index (χ0) is 17.7. The van der Waals surface area contributed by atoms with Crippen molar-refractivity contribution in [3.8, 4) is 5.75 Å². The van der Waals surface area contributed by atoms with E-state index in [2.05, 4.69) is 5.32 Å². The van der Waals surface area contributed by atoms with Crippen molar-refractivity contribution in [3.63, 3.8) is 0 Å². The molecule has 0 saturated carbocycles. The van der Waals surface area contributed by atoms with Gasteiger partial charge < -0.3 is 10.1 Å². The van der Waals surface area contributed by atoms with Gasteiger partial charge in [0.05, 0.1) is 17.7 Å². The zero-order valence-electron chi connectivity index (χ0n) is 13.1. The smallest absolute Gasteiger partial charge is 0.288 e. The Bertz CT molecular complexity index is 818. The molecule has 0 unspecified atom stereocenters. The lowest BCUT2D eigenvalue weighted by molar-refractivity contribution is -0.384. The Hall–Kier alpha value is -2.86. The number of ether oxygens (including phenoxy) is 1. The van der Waals surface area contributed by atoms with Crippen LogP contribution in [0.15, 0.2) is 42.5 Å². The number of aryl methyl sites for hydroxylation is 1. The minimum Gasteiger partial charge on any atom is -0.495 e. The lowest BCUT2D eigenvalue weighted by atomic mass is 10.2. The van der Waals surface area contributed by atoms with E-state index in [1.807, 2.05) is 13.0 Å². The summed E-state index contributed by atoms with van der Waals surface area (Å²) in [5.74, 6) is 0.168. The number of rotatable bonds is 5. The Morgan fingerprint density at radius 1 is 1.29 bits per heavy atom. The molecule has 0 radical (unpaired) electrons. The van der Waals surface area contributed by atoms with E-state index in [0.29, 0.717) is 17.0 Å². The zero-order valence-corrected chi connectivity index (χ0v) is 13.8. The minimum absolute atomic E-state index is 0.0473. The van der Waals surface area contributed by atoms with Crippen LogP contribution in [0.1, 0.15) is 11.1 Å². The number of methoxy groups -OCH3 is 1. The van der Waals surface area contributed by atoms with E-state index < -0.39 is 4.92 Å². The van der Waals surface area contributed by atoms with Crippen LogP contribution in [-0.4, -0.2) is 17.9 Å². The molecule has 0 aliphatic heterocycles. The maximum absolute atomic E-state index is 12.0. The van der Waals surface area contributed by atoms with Crippen LogP contribution in [0, 0.1) is 17.0 Å². The van der Waals surface area contributed by atoms with Gasteiger partial charge in [-0.2, -0.15) is 0 Å². The number of halogens is 1. The van der Waals surface area contributed by atoms with E-state index in [4.69, 9.17) is 16.3 Å². The van der Waals surface area contributed by atoms with Gasteiger partial charge in [-0.1, -0.05) is 23.7 Å². The molecule has 0 bridgehead atoms. The van der Waals surface area contributed by atoms with E-state index in [1.165, 1.54) is 31.4 Å². The van der Waals surface area contributed by atoms with Gasteiger partial charge in [0.25, 0.3) is 5.69 Å². The summed E-state index contributed by atoms with van der Waals surface area (Å²) in [7, 11) is 1.52. The van der Waals surface area contributed by atoms with Gasteiger partial charge in [-0.05, 0) is 42.3 Å². The fourth-order valence-corrected chi connectivity index (χ4v) is 2.23. The van der Waals surface area contributed by atoms with Crippen molar-refractivity contribution in [2.75, 3.05) is 12.4 Å². The van der Waals surface area contributed by atoms with Crippen LogP contribution < -0.4 is 10.1 Å². The Balaban J connectivity index is 2.15. The molecule has 0 aromatic heterocycles. The Kier molecular flexibility index (Phi) is 5.55. The van der Waals surface area contributed by atoms with Crippen LogP contribution in [-0.2, 0) is 4.79 Å².